The van der Waals surface area contributed by atoms with E-state index >= 15 is 0 Å². The second kappa shape index (κ2) is 5.84. The molecule has 2 aliphatic rings. The van der Waals surface area contributed by atoms with E-state index in [-0.39, 0.29) is 12.5 Å². The molecule has 0 aromatic rings. The van der Waals surface area contributed by atoms with Crippen LogP contribution in [0.5, 0.6) is 0 Å². The minimum Gasteiger partial charge on any atom is -0.454 e. The lowest BCUT2D eigenvalue weighted by molar-refractivity contribution is -0.216. The van der Waals surface area contributed by atoms with E-state index in [1.165, 1.54) is 6.92 Å². The first kappa shape index (κ1) is 18.9. The summed E-state index contributed by atoms with van der Waals surface area (Å²) in [5, 5.41) is 12.8. The van der Waals surface area contributed by atoms with Crippen LogP contribution in [0.1, 0.15) is 34.1 Å². The average Bonchev–Trinajstić information content (AvgIpc) is 2.82. The Labute approximate surface area is 143 Å². The normalized spacial score (nSPS) is 43.7. The first-order chi connectivity index (χ1) is 10.9. The highest BCUT2D eigenvalue weighted by atomic mass is 32.2. The van der Waals surface area contributed by atoms with Gasteiger partial charge in [-0.15, -0.1) is 0 Å². The molecule has 2 aliphatic carbocycles. The van der Waals surface area contributed by atoms with E-state index in [2.05, 4.69) is 11.9 Å². The first-order valence-corrected chi connectivity index (χ1v) is 9.15. The lowest BCUT2D eigenvalue weighted by atomic mass is 9.65. The van der Waals surface area contributed by atoms with Crippen LogP contribution in [-0.4, -0.2) is 48.4 Å². The van der Waals surface area contributed by atoms with Crippen LogP contribution in [0.3, 0.4) is 0 Å². The molecule has 2 bridgehead atoms. The quantitative estimate of drug-likeness (QED) is 0.362. The summed E-state index contributed by atoms with van der Waals surface area (Å²) in [6.07, 6.45) is 1.37. The third-order valence-electron chi connectivity index (χ3n) is 6.48. The Morgan fingerprint density at radius 3 is 2.42 bits per heavy atom. The van der Waals surface area contributed by atoms with Crippen LogP contribution in [0, 0.1) is 17.3 Å². The summed E-state index contributed by atoms with van der Waals surface area (Å²) in [5.74, 6) is -1.83. The molecule has 2 rings (SSSR count). The molecule has 0 spiro atoms. The number of amides is 1. The molecule has 7 nitrogen and oxygen atoms in total. The maximum atomic E-state index is 12.2. The number of thiol groups is 1. The zero-order valence-corrected chi connectivity index (χ0v) is 15.3. The molecule has 0 aliphatic heterocycles. The Kier molecular flexibility index (Phi) is 4.60. The maximum Gasteiger partial charge on any atom is 0.326 e. The molecule has 0 saturated heterocycles. The van der Waals surface area contributed by atoms with Crippen LogP contribution in [0.15, 0.2) is 12.7 Å². The molecule has 0 aromatic carbocycles. The summed E-state index contributed by atoms with van der Waals surface area (Å²) < 4.78 is 28.8. The maximum absolute atomic E-state index is 12.2. The summed E-state index contributed by atoms with van der Waals surface area (Å²) in [7, 11) is -2.68. The third-order valence-corrected chi connectivity index (χ3v) is 7.52. The summed E-state index contributed by atoms with van der Waals surface area (Å²) in [4.78, 5) is 23.3. The Morgan fingerprint density at radius 1 is 1.38 bits per heavy atom. The molecule has 8 heteroatoms. The van der Waals surface area contributed by atoms with E-state index in [0.717, 1.165) is 6.08 Å². The van der Waals surface area contributed by atoms with Gasteiger partial charge in [0.25, 0.3) is 0 Å². The Bertz CT molecular complexity index is 649. The lowest BCUT2D eigenvalue weighted by Crippen LogP contribution is -2.63. The number of carbonyl (C=O) groups excluding carboxylic acids is 2. The molecule has 1 amide bonds. The number of ether oxygens (including phenoxy) is 1. The predicted octanol–water partition coefficient (Wildman–Crippen LogP) is -0.00260. The van der Waals surface area contributed by atoms with E-state index in [1.807, 2.05) is 13.8 Å². The molecule has 136 valence electrons. The highest BCUT2D eigenvalue weighted by Gasteiger charge is 2.77. The molecule has 2 fully saturated rings. The molecule has 0 heterocycles. The summed E-state index contributed by atoms with van der Waals surface area (Å²) in [6.45, 7) is 9.86. The van der Waals surface area contributed by atoms with Crippen molar-refractivity contribution in [1.82, 2.24) is 5.32 Å². The molecule has 0 aromatic heterocycles. The van der Waals surface area contributed by atoms with Gasteiger partial charge in [-0.1, -0.05) is 20.4 Å². The van der Waals surface area contributed by atoms with Gasteiger partial charge in [0.05, 0.1) is 5.25 Å². The molecular weight excluding hydrogens is 334 g/mol. The van der Waals surface area contributed by atoms with E-state index in [9.17, 15) is 23.1 Å². The van der Waals surface area contributed by atoms with Crippen molar-refractivity contribution in [2.75, 3.05) is 6.54 Å². The number of carbonyl (C=O) groups is 2. The van der Waals surface area contributed by atoms with Gasteiger partial charge in [-0.2, -0.15) is 0 Å². The largest absolute Gasteiger partial charge is 0.454 e. The van der Waals surface area contributed by atoms with E-state index in [0.29, 0.717) is 6.42 Å². The predicted molar refractivity (Wildman–Crippen MR) is 87.8 cm³/mol. The van der Waals surface area contributed by atoms with Crippen LogP contribution in [-0.2, 0) is 25.0 Å². The zero-order valence-electron chi connectivity index (χ0n) is 14.4. The number of nitrogens with one attached hydrogen (secondary N) is 1. The van der Waals surface area contributed by atoms with Crippen LogP contribution in [0.2, 0.25) is 0 Å². The highest BCUT2D eigenvalue weighted by molar-refractivity contribution is 7.73. The number of aliphatic hydroxyl groups is 1. The number of fused-ring (bicyclic) bond motifs is 2. The Hall–Kier alpha value is -1.41. The topological polar surface area (TPSA) is 110 Å². The third kappa shape index (κ3) is 2.38. The van der Waals surface area contributed by atoms with Gasteiger partial charge < -0.3 is 15.2 Å². The standard InChI is InChI=1S/C16H25NO6S/c1-6-11(18)17-8-12(19)23-16(5)14(3)7-10(24(21)22)13(9(14)2)15(16,4)20/h6,9-10,13,20,24H,1,7-8H2,2-5H3,(H,17,18). The van der Waals surface area contributed by atoms with E-state index in [4.69, 9.17) is 4.74 Å². The number of esters is 1. The molecule has 2 N–H and O–H groups in total. The fraction of sp³-hybridized carbons (Fsp3) is 0.750. The molecule has 6 atom stereocenters. The van der Waals surface area contributed by atoms with E-state index in [1.54, 1.807) is 6.92 Å². The SMILES string of the molecule is C=CC(=O)NCC(=O)OC1(C)C(C)(O)C2C([SH](=O)=O)CC1(C)C2C. The van der Waals surface area contributed by atoms with Gasteiger partial charge in [-0.05, 0) is 32.3 Å². The van der Waals surface area contributed by atoms with Gasteiger partial charge in [0.15, 0.2) is 0 Å². The van der Waals surface area contributed by atoms with Crippen LogP contribution < -0.4 is 5.32 Å². The van der Waals surface area contributed by atoms with Crippen molar-refractivity contribution in [1.29, 1.82) is 0 Å². The van der Waals surface area contributed by atoms with E-state index < -0.39 is 50.4 Å². The van der Waals surface area contributed by atoms with Crippen molar-refractivity contribution >= 4 is 22.6 Å². The van der Waals surface area contributed by atoms with Crippen LogP contribution >= 0.6 is 0 Å². The van der Waals surface area contributed by atoms with Gasteiger partial charge in [-0.3, -0.25) is 9.59 Å². The van der Waals surface area contributed by atoms with Gasteiger partial charge in [-0.25, -0.2) is 8.42 Å². The number of hydrogen-bond donors (Lipinski definition) is 3. The van der Waals surface area contributed by atoms with Crippen molar-refractivity contribution in [3.63, 3.8) is 0 Å². The number of rotatable bonds is 5. The highest BCUT2D eigenvalue weighted by Crippen LogP contribution is 2.68. The Morgan fingerprint density at radius 2 is 1.96 bits per heavy atom. The second-order valence-corrected chi connectivity index (χ2v) is 8.60. The van der Waals surface area contributed by atoms with Crippen molar-refractivity contribution in [2.45, 2.75) is 50.6 Å². The Balaban J connectivity index is 2.28. The minimum absolute atomic E-state index is 0.133. The van der Waals surface area contributed by atoms with Gasteiger partial charge in [0, 0.05) is 11.3 Å². The fourth-order valence-corrected chi connectivity index (χ4v) is 6.12. The minimum atomic E-state index is -2.68. The molecule has 24 heavy (non-hydrogen) atoms. The number of hydrogen-bond acceptors (Lipinski definition) is 6. The molecular formula is C16H25NO6S. The monoisotopic (exact) mass is 359 g/mol. The first-order valence-electron chi connectivity index (χ1n) is 7.90. The summed E-state index contributed by atoms with van der Waals surface area (Å²) >= 11 is 0. The average molecular weight is 359 g/mol. The molecule has 0 radical (unpaired) electrons. The van der Waals surface area contributed by atoms with Crippen molar-refractivity contribution in [3.8, 4) is 0 Å². The summed E-state index contributed by atoms with van der Waals surface area (Å²) in [6, 6.07) is 0. The molecule has 2 saturated carbocycles. The lowest BCUT2D eigenvalue weighted by Gasteiger charge is -2.50. The van der Waals surface area contributed by atoms with Crippen molar-refractivity contribution in [2.24, 2.45) is 17.3 Å². The van der Waals surface area contributed by atoms with Gasteiger partial charge >= 0.3 is 5.97 Å². The van der Waals surface area contributed by atoms with Crippen molar-refractivity contribution in [3.05, 3.63) is 12.7 Å². The van der Waals surface area contributed by atoms with Crippen molar-refractivity contribution < 1.29 is 27.9 Å². The summed E-state index contributed by atoms with van der Waals surface area (Å²) in [5.41, 5.74) is -3.42. The fourth-order valence-electron chi connectivity index (χ4n) is 4.78. The van der Waals surface area contributed by atoms with Crippen LogP contribution in [0.4, 0.5) is 0 Å². The second-order valence-electron chi connectivity index (χ2n) is 7.37. The molecule has 6 unspecified atom stereocenters. The van der Waals surface area contributed by atoms with Gasteiger partial charge in [0.1, 0.15) is 28.5 Å². The smallest absolute Gasteiger partial charge is 0.326 e. The van der Waals surface area contributed by atoms with Crippen LogP contribution in [0.25, 0.3) is 0 Å². The zero-order chi connectivity index (χ0) is 18.5. The van der Waals surface area contributed by atoms with Gasteiger partial charge in [0.2, 0.25) is 5.91 Å².